The van der Waals surface area contributed by atoms with Gasteiger partial charge in [-0.2, -0.15) is 5.26 Å². The molecule has 138 valence electrons. The van der Waals surface area contributed by atoms with Crippen molar-refractivity contribution in [1.29, 1.82) is 5.26 Å². The fraction of sp³-hybridized carbons (Fsp3) is 0.500. The third-order valence-corrected chi connectivity index (χ3v) is 5.56. The smallest absolute Gasteiger partial charge is 0.280 e. The number of amides is 1. The van der Waals surface area contributed by atoms with Gasteiger partial charge in [0, 0.05) is 5.69 Å². The standard InChI is InChI=1S/C20H26N4O2/c1-14-7-4-5-9-23(14)13-19(25)22-20-18(11-21)15(2)16(3)24(20)12-17-8-6-10-26-17/h6,8,10,14H,4-5,7,9,12-13H2,1-3H3,(H,22,25)/p+1/t14-/m0/s1. The lowest BCUT2D eigenvalue weighted by Crippen LogP contribution is -3.17. The molecule has 0 saturated carbocycles. The summed E-state index contributed by atoms with van der Waals surface area (Å²) in [7, 11) is 0. The van der Waals surface area contributed by atoms with Crippen molar-refractivity contribution in [3.8, 4) is 6.07 Å². The second kappa shape index (κ2) is 7.79. The van der Waals surface area contributed by atoms with Crippen LogP contribution in [-0.4, -0.2) is 29.6 Å². The molecule has 1 fully saturated rings. The number of carbonyl (C=O) groups excluding carboxylic acids is 1. The zero-order valence-corrected chi connectivity index (χ0v) is 15.8. The lowest BCUT2D eigenvalue weighted by molar-refractivity contribution is -0.920. The summed E-state index contributed by atoms with van der Waals surface area (Å²) >= 11 is 0. The van der Waals surface area contributed by atoms with E-state index in [-0.39, 0.29) is 5.91 Å². The van der Waals surface area contributed by atoms with Crippen LogP contribution < -0.4 is 10.2 Å². The van der Waals surface area contributed by atoms with Crippen LogP contribution in [0.25, 0.3) is 0 Å². The van der Waals surface area contributed by atoms with Crippen molar-refractivity contribution in [3.63, 3.8) is 0 Å². The van der Waals surface area contributed by atoms with Crippen molar-refractivity contribution in [3.05, 3.63) is 41.0 Å². The Morgan fingerprint density at radius 2 is 2.27 bits per heavy atom. The number of rotatable bonds is 5. The van der Waals surface area contributed by atoms with Gasteiger partial charge in [0.1, 0.15) is 17.6 Å². The first-order chi connectivity index (χ1) is 12.5. The lowest BCUT2D eigenvalue weighted by atomic mass is 10.0. The van der Waals surface area contributed by atoms with Crippen molar-refractivity contribution < 1.29 is 14.1 Å². The third-order valence-electron chi connectivity index (χ3n) is 5.56. The molecule has 0 spiro atoms. The van der Waals surface area contributed by atoms with Gasteiger partial charge in [-0.15, -0.1) is 0 Å². The number of nitrogens with one attached hydrogen (secondary N) is 2. The van der Waals surface area contributed by atoms with Crippen LogP contribution in [0.3, 0.4) is 0 Å². The fourth-order valence-corrected chi connectivity index (χ4v) is 3.78. The molecule has 3 heterocycles. The highest BCUT2D eigenvalue weighted by Gasteiger charge is 2.26. The Morgan fingerprint density at radius 3 is 2.92 bits per heavy atom. The first-order valence-electron chi connectivity index (χ1n) is 9.27. The minimum atomic E-state index is -0.0385. The molecule has 1 aliphatic heterocycles. The van der Waals surface area contributed by atoms with E-state index in [0.29, 0.717) is 30.5 Å². The summed E-state index contributed by atoms with van der Waals surface area (Å²) in [6.07, 6.45) is 5.21. The Morgan fingerprint density at radius 1 is 1.46 bits per heavy atom. The van der Waals surface area contributed by atoms with E-state index in [0.717, 1.165) is 23.6 Å². The number of hydrogen-bond acceptors (Lipinski definition) is 3. The molecule has 1 unspecified atom stereocenters. The van der Waals surface area contributed by atoms with Gasteiger partial charge in [0.15, 0.2) is 6.54 Å². The van der Waals surface area contributed by atoms with Crippen molar-refractivity contribution in [1.82, 2.24) is 4.57 Å². The molecule has 1 aliphatic rings. The van der Waals surface area contributed by atoms with Crippen LogP contribution >= 0.6 is 0 Å². The molecular weight excluding hydrogens is 328 g/mol. The Labute approximate surface area is 154 Å². The van der Waals surface area contributed by atoms with Crippen LogP contribution in [0.5, 0.6) is 0 Å². The van der Waals surface area contributed by atoms with Crippen LogP contribution in [0.1, 0.15) is 48.8 Å². The first-order valence-corrected chi connectivity index (χ1v) is 9.27. The quantitative estimate of drug-likeness (QED) is 0.861. The Hall–Kier alpha value is -2.52. The normalized spacial score (nSPS) is 19.9. The fourth-order valence-electron chi connectivity index (χ4n) is 3.78. The second-order valence-corrected chi connectivity index (χ2v) is 7.24. The summed E-state index contributed by atoms with van der Waals surface area (Å²) in [6, 6.07) is 6.49. The van der Waals surface area contributed by atoms with Gasteiger partial charge < -0.3 is 19.2 Å². The molecule has 26 heavy (non-hydrogen) atoms. The topological polar surface area (TPSA) is 75.4 Å². The zero-order valence-electron chi connectivity index (χ0n) is 15.8. The van der Waals surface area contributed by atoms with E-state index in [2.05, 4.69) is 18.3 Å². The van der Waals surface area contributed by atoms with Gasteiger partial charge in [-0.3, -0.25) is 4.79 Å². The average molecular weight is 355 g/mol. The minimum absolute atomic E-state index is 0.0385. The lowest BCUT2D eigenvalue weighted by Gasteiger charge is -2.29. The molecule has 0 aromatic carbocycles. The highest BCUT2D eigenvalue weighted by Crippen LogP contribution is 2.27. The molecule has 2 N–H and O–H groups in total. The molecule has 6 heteroatoms. The molecule has 2 aromatic heterocycles. The van der Waals surface area contributed by atoms with Gasteiger partial charge >= 0.3 is 0 Å². The summed E-state index contributed by atoms with van der Waals surface area (Å²) in [5.41, 5.74) is 2.39. The van der Waals surface area contributed by atoms with E-state index in [4.69, 9.17) is 4.42 Å². The van der Waals surface area contributed by atoms with Crippen molar-refractivity contribution in [2.24, 2.45) is 0 Å². The molecule has 0 radical (unpaired) electrons. The van der Waals surface area contributed by atoms with Crippen molar-refractivity contribution in [2.75, 3.05) is 18.4 Å². The minimum Gasteiger partial charge on any atom is -0.467 e. The molecule has 2 atom stereocenters. The van der Waals surface area contributed by atoms with Crippen LogP contribution in [0, 0.1) is 25.2 Å². The van der Waals surface area contributed by atoms with E-state index < -0.39 is 0 Å². The van der Waals surface area contributed by atoms with Crippen molar-refractivity contribution in [2.45, 2.75) is 52.6 Å². The second-order valence-electron chi connectivity index (χ2n) is 7.24. The maximum Gasteiger partial charge on any atom is 0.280 e. The van der Waals surface area contributed by atoms with Crippen LogP contribution in [0.4, 0.5) is 5.82 Å². The predicted molar refractivity (Wildman–Crippen MR) is 99.1 cm³/mol. The summed E-state index contributed by atoms with van der Waals surface area (Å²) < 4.78 is 7.41. The molecule has 0 aliphatic carbocycles. The summed E-state index contributed by atoms with van der Waals surface area (Å²) in [5.74, 6) is 1.33. The monoisotopic (exact) mass is 355 g/mol. The number of anilines is 1. The van der Waals surface area contributed by atoms with Crippen LogP contribution in [-0.2, 0) is 11.3 Å². The van der Waals surface area contributed by atoms with Gasteiger partial charge in [0.2, 0.25) is 0 Å². The highest BCUT2D eigenvalue weighted by molar-refractivity contribution is 5.92. The number of nitrogens with zero attached hydrogens (tertiary/aromatic N) is 2. The third kappa shape index (κ3) is 3.68. The van der Waals surface area contributed by atoms with E-state index in [9.17, 15) is 10.1 Å². The molecule has 6 nitrogen and oxygen atoms in total. The molecule has 3 rings (SSSR count). The molecule has 2 aromatic rings. The van der Waals surface area contributed by atoms with Gasteiger partial charge in [0.25, 0.3) is 5.91 Å². The molecular formula is C20H27N4O2+. The number of piperidine rings is 1. The molecule has 1 saturated heterocycles. The van der Waals surface area contributed by atoms with E-state index in [1.165, 1.54) is 24.2 Å². The van der Waals surface area contributed by atoms with Gasteiger partial charge in [0.05, 0.1) is 31.0 Å². The zero-order chi connectivity index (χ0) is 18.7. The number of carbonyl (C=O) groups is 1. The molecule has 1 amide bonds. The van der Waals surface area contributed by atoms with E-state index in [1.807, 2.05) is 30.5 Å². The molecule has 0 bridgehead atoms. The van der Waals surface area contributed by atoms with Gasteiger partial charge in [-0.25, -0.2) is 0 Å². The summed E-state index contributed by atoms with van der Waals surface area (Å²) in [5, 5.41) is 12.6. The van der Waals surface area contributed by atoms with Crippen LogP contribution in [0.15, 0.2) is 22.8 Å². The first kappa shape index (κ1) is 18.3. The average Bonchev–Trinajstić information content (AvgIpc) is 3.20. The summed E-state index contributed by atoms with van der Waals surface area (Å²) in [4.78, 5) is 14.0. The van der Waals surface area contributed by atoms with E-state index >= 15 is 0 Å². The number of aromatic nitrogens is 1. The Kier molecular flexibility index (Phi) is 5.48. The SMILES string of the molecule is Cc1c(C#N)c(NC(=O)C[NH+]2CCCC[C@@H]2C)n(Cc2ccco2)c1C. The van der Waals surface area contributed by atoms with E-state index in [1.54, 1.807) is 6.26 Å². The largest absolute Gasteiger partial charge is 0.467 e. The number of hydrogen-bond donors (Lipinski definition) is 2. The Bertz CT molecular complexity index is 814. The highest BCUT2D eigenvalue weighted by atomic mass is 16.3. The van der Waals surface area contributed by atoms with Gasteiger partial charge in [-0.1, -0.05) is 0 Å². The number of furan rings is 1. The maximum atomic E-state index is 12.7. The van der Waals surface area contributed by atoms with Crippen molar-refractivity contribution >= 4 is 11.7 Å². The number of likely N-dealkylation sites (tertiary alicyclic amines) is 1. The maximum absolute atomic E-state index is 12.7. The predicted octanol–water partition coefficient (Wildman–Crippen LogP) is 2.01. The summed E-state index contributed by atoms with van der Waals surface area (Å²) in [6.45, 7) is 8.05. The van der Waals surface area contributed by atoms with Crippen LogP contribution in [0.2, 0.25) is 0 Å². The Balaban J connectivity index is 1.82. The number of nitriles is 1. The van der Waals surface area contributed by atoms with Gasteiger partial charge in [-0.05, 0) is 57.7 Å². The number of quaternary nitrogens is 1.